The van der Waals surface area contributed by atoms with Crippen molar-refractivity contribution in [3.8, 4) is 11.5 Å². The van der Waals surface area contributed by atoms with Gasteiger partial charge in [0.25, 0.3) is 0 Å². The molecule has 3 heteroatoms. The Bertz CT molecular complexity index is 322. The van der Waals surface area contributed by atoms with Crippen molar-refractivity contribution in [2.24, 2.45) is 0 Å². The summed E-state index contributed by atoms with van der Waals surface area (Å²) in [5.41, 5.74) is 0. The average molecular weight is 202 g/mol. The van der Waals surface area contributed by atoms with Gasteiger partial charge in [-0.2, -0.15) is 0 Å². The fraction of sp³-hybridized carbons (Fsp3) is 0.500. The SMILES string of the molecule is c1ccc2c(c1)OB(C1CCCCC1)O2. The first-order valence-electron chi connectivity index (χ1n) is 5.86. The number of para-hydroxylation sites is 2. The van der Waals surface area contributed by atoms with Crippen LogP contribution in [0.15, 0.2) is 24.3 Å². The standard InChI is InChI=1S/C12H15BO2/c1-2-6-10(7-3-1)13-14-11-8-4-5-9-12(11)15-13/h4-5,8-10H,1-3,6-7H2. The second-order valence-corrected chi connectivity index (χ2v) is 4.45. The molecule has 1 aromatic rings. The first-order valence-corrected chi connectivity index (χ1v) is 5.86. The highest BCUT2D eigenvalue weighted by atomic mass is 16.6. The minimum Gasteiger partial charge on any atom is -0.523 e. The molecule has 78 valence electrons. The zero-order valence-electron chi connectivity index (χ0n) is 8.82. The van der Waals surface area contributed by atoms with E-state index in [1.807, 2.05) is 24.3 Å². The molecule has 2 aliphatic rings. The molecular weight excluding hydrogens is 187 g/mol. The van der Waals surface area contributed by atoms with Crippen LogP contribution in [0.3, 0.4) is 0 Å². The van der Waals surface area contributed by atoms with Crippen LogP contribution in [0.25, 0.3) is 0 Å². The summed E-state index contributed by atoms with van der Waals surface area (Å²) in [4.78, 5) is 0. The molecule has 1 saturated carbocycles. The van der Waals surface area contributed by atoms with E-state index >= 15 is 0 Å². The predicted octanol–water partition coefficient (Wildman–Crippen LogP) is 3.28. The van der Waals surface area contributed by atoms with Gasteiger partial charge in [-0.1, -0.05) is 31.4 Å². The number of hydrogen-bond donors (Lipinski definition) is 0. The van der Waals surface area contributed by atoms with Crippen molar-refractivity contribution in [1.29, 1.82) is 0 Å². The van der Waals surface area contributed by atoms with Crippen LogP contribution < -0.4 is 9.31 Å². The summed E-state index contributed by atoms with van der Waals surface area (Å²) in [5.74, 6) is 2.41. The van der Waals surface area contributed by atoms with Gasteiger partial charge in [-0.3, -0.25) is 0 Å². The van der Waals surface area contributed by atoms with E-state index in [-0.39, 0.29) is 7.12 Å². The summed E-state index contributed by atoms with van der Waals surface area (Å²) in [6.07, 6.45) is 6.52. The molecule has 1 aromatic carbocycles. The number of rotatable bonds is 1. The predicted molar refractivity (Wildman–Crippen MR) is 60.3 cm³/mol. The van der Waals surface area contributed by atoms with Gasteiger partial charge in [-0.05, 0) is 25.0 Å². The lowest BCUT2D eigenvalue weighted by molar-refractivity contribution is 0.408. The van der Waals surface area contributed by atoms with Crippen molar-refractivity contribution in [3.05, 3.63) is 24.3 Å². The average Bonchev–Trinajstić information content (AvgIpc) is 2.74. The highest BCUT2D eigenvalue weighted by molar-refractivity contribution is 6.49. The highest BCUT2D eigenvalue weighted by Gasteiger charge is 2.40. The maximum Gasteiger partial charge on any atom is 0.598 e. The molecule has 0 radical (unpaired) electrons. The Morgan fingerprint density at radius 3 is 2.13 bits per heavy atom. The van der Waals surface area contributed by atoms with Gasteiger partial charge >= 0.3 is 7.12 Å². The van der Waals surface area contributed by atoms with Gasteiger partial charge in [0.1, 0.15) is 11.5 Å². The summed E-state index contributed by atoms with van der Waals surface area (Å²) in [6.45, 7) is 0. The van der Waals surface area contributed by atoms with E-state index in [9.17, 15) is 0 Å². The number of fused-ring (bicyclic) bond motifs is 1. The van der Waals surface area contributed by atoms with Crippen molar-refractivity contribution in [1.82, 2.24) is 0 Å². The minimum absolute atomic E-state index is 0.0253. The van der Waals surface area contributed by atoms with Crippen LogP contribution in [0.1, 0.15) is 32.1 Å². The Labute approximate surface area is 90.7 Å². The Hall–Kier alpha value is -1.12. The van der Waals surface area contributed by atoms with Crippen LogP contribution in [0.5, 0.6) is 11.5 Å². The first-order chi connectivity index (χ1) is 7.43. The lowest BCUT2D eigenvalue weighted by Crippen LogP contribution is -2.32. The second kappa shape index (κ2) is 3.80. The molecule has 1 aliphatic carbocycles. The summed E-state index contributed by atoms with van der Waals surface area (Å²) < 4.78 is 11.6. The van der Waals surface area contributed by atoms with Crippen LogP contribution in [0.4, 0.5) is 0 Å². The van der Waals surface area contributed by atoms with E-state index in [4.69, 9.17) is 9.31 Å². The van der Waals surface area contributed by atoms with E-state index in [1.165, 1.54) is 32.1 Å². The quantitative estimate of drug-likeness (QED) is 0.650. The van der Waals surface area contributed by atoms with Gasteiger partial charge in [0, 0.05) is 5.82 Å². The largest absolute Gasteiger partial charge is 0.598 e. The summed E-state index contributed by atoms with van der Waals surface area (Å²) in [6, 6.07) is 7.95. The Morgan fingerprint density at radius 1 is 0.933 bits per heavy atom. The van der Waals surface area contributed by atoms with Gasteiger partial charge in [-0.25, -0.2) is 0 Å². The molecule has 3 rings (SSSR count). The van der Waals surface area contributed by atoms with E-state index in [1.54, 1.807) is 0 Å². The molecule has 2 nitrogen and oxygen atoms in total. The zero-order valence-corrected chi connectivity index (χ0v) is 8.82. The third-order valence-electron chi connectivity index (χ3n) is 3.37. The maximum absolute atomic E-state index is 5.82. The summed E-state index contributed by atoms with van der Waals surface area (Å²) in [7, 11) is -0.0253. The normalized spacial score (nSPS) is 20.7. The van der Waals surface area contributed by atoms with Gasteiger partial charge in [0.05, 0.1) is 0 Å². The Morgan fingerprint density at radius 2 is 1.53 bits per heavy atom. The number of benzene rings is 1. The molecule has 0 bridgehead atoms. The van der Waals surface area contributed by atoms with Crippen LogP contribution in [-0.4, -0.2) is 7.12 Å². The Kier molecular flexibility index (Phi) is 2.31. The van der Waals surface area contributed by atoms with E-state index < -0.39 is 0 Å². The molecule has 1 aliphatic heterocycles. The molecular formula is C12H15BO2. The first kappa shape index (κ1) is 9.14. The lowest BCUT2D eigenvalue weighted by atomic mass is 9.65. The Balaban J connectivity index is 1.72. The van der Waals surface area contributed by atoms with Crippen molar-refractivity contribution in [2.45, 2.75) is 37.9 Å². The van der Waals surface area contributed by atoms with Crippen LogP contribution in [0, 0.1) is 0 Å². The van der Waals surface area contributed by atoms with Gasteiger partial charge in [0.2, 0.25) is 0 Å². The topological polar surface area (TPSA) is 18.5 Å². The maximum atomic E-state index is 5.82. The lowest BCUT2D eigenvalue weighted by Gasteiger charge is -2.21. The molecule has 0 saturated heterocycles. The third kappa shape index (κ3) is 1.71. The highest BCUT2D eigenvalue weighted by Crippen LogP contribution is 2.40. The van der Waals surface area contributed by atoms with Gasteiger partial charge < -0.3 is 9.31 Å². The second-order valence-electron chi connectivity index (χ2n) is 4.45. The number of hydrogen-bond acceptors (Lipinski definition) is 2. The van der Waals surface area contributed by atoms with Crippen LogP contribution in [-0.2, 0) is 0 Å². The van der Waals surface area contributed by atoms with Crippen molar-refractivity contribution in [3.63, 3.8) is 0 Å². The van der Waals surface area contributed by atoms with Gasteiger partial charge in [0.15, 0.2) is 0 Å². The molecule has 0 aromatic heterocycles. The van der Waals surface area contributed by atoms with E-state index in [2.05, 4.69) is 0 Å². The van der Waals surface area contributed by atoms with Crippen molar-refractivity contribution >= 4 is 7.12 Å². The third-order valence-corrected chi connectivity index (χ3v) is 3.37. The fourth-order valence-corrected chi connectivity index (χ4v) is 2.52. The molecule has 0 amide bonds. The summed E-state index contributed by atoms with van der Waals surface area (Å²) >= 11 is 0. The zero-order chi connectivity index (χ0) is 10.1. The monoisotopic (exact) mass is 202 g/mol. The van der Waals surface area contributed by atoms with Crippen LogP contribution >= 0.6 is 0 Å². The molecule has 1 fully saturated rings. The molecule has 0 spiro atoms. The minimum atomic E-state index is -0.0253. The van der Waals surface area contributed by atoms with E-state index in [0.29, 0.717) is 5.82 Å². The molecule has 15 heavy (non-hydrogen) atoms. The molecule has 0 atom stereocenters. The van der Waals surface area contributed by atoms with Crippen LogP contribution in [0.2, 0.25) is 5.82 Å². The van der Waals surface area contributed by atoms with E-state index in [0.717, 1.165) is 11.5 Å². The molecule has 0 unspecified atom stereocenters. The van der Waals surface area contributed by atoms with Crippen molar-refractivity contribution in [2.75, 3.05) is 0 Å². The fourth-order valence-electron chi connectivity index (χ4n) is 2.52. The summed E-state index contributed by atoms with van der Waals surface area (Å²) in [5, 5.41) is 0. The smallest absolute Gasteiger partial charge is 0.523 e. The van der Waals surface area contributed by atoms with Gasteiger partial charge in [-0.15, -0.1) is 0 Å². The molecule has 0 N–H and O–H groups in total. The molecule has 1 heterocycles. The van der Waals surface area contributed by atoms with Crippen molar-refractivity contribution < 1.29 is 9.31 Å².